The van der Waals surface area contributed by atoms with Gasteiger partial charge in [0.1, 0.15) is 0 Å². The Kier molecular flexibility index (Phi) is 5.81. The average molecular weight is 378 g/mol. The molecule has 0 aromatic heterocycles. The first kappa shape index (κ1) is 19.7. The third-order valence-electron chi connectivity index (χ3n) is 5.01. The van der Waals surface area contributed by atoms with Crippen LogP contribution in [0, 0.1) is 18.3 Å². The van der Waals surface area contributed by atoms with Crippen molar-refractivity contribution in [2.45, 2.75) is 38.3 Å². The van der Waals surface area contributed by atoms with E-state index in [0.29, 0.717) is 17.5 Å². The molecule has 0 radical (unpaired) electrons. The van der Waals surface area contributed by atoms with Crippen molar-refractivity contribution in [3.63, 3.8) is 0 Å². The smallest absolute Gasteiger partial charge is 0.340 e. The molecule has 0 unspecified atom stereocenters. The Bertz CT molecular complexity index is 871. The second kappa shape index (κ2) is 8.28. The van der Waals surface area contributed by atoms with Gasteiger partial charge in [-0.2, -0.15) is 0 Å². The highest BCUT2D eigenvalue weighted by molar-refractivity contribution is 5.90. The van der Waals surface area contributed by atoms with Crippen LogP contribution in [0.5, 0.6) is 0 Å². The summed E-state index contributed by atoms with van der Waals surface area (Å²) < 4.78 is 17.2. The highest BCUT2D eigenvalue weighted by Crippen LogP contribution is 2.41. The largest absolute Gasteiger partial charge is 0.435 e. The van der Waals surface area contributed by atoms with Gasteiger partial charge in [0.15, 0.2) is 0 Å². The molecule has 3 rings (SSSR count). The van der Waals surface area contributed by atoms with E-state index in [4.69, 9.17) is 20.6 Å². The lowest BCUT2D eigenvalue weighted by Crippen LogP contribution is -2.48. The van der Waals surface area contributed by atoms with E-state index in [1.807, 2.05) is 13.8 Å². The van der Waals surface area contributed by atoms with Crippen LogP contribution in [0.4, 0.5) is 0 Å². The topological polar surface area (TPSA) is 61.8 Å². The minimum Gasteiger partial charge on any atom is -0.435 e. The van der Waals surface area contributed by atoms with Gasteiger partial charge in [0, 0.05) is 5.92 Å². The van der Waals surface area contributed by atoms with Gasteiger partial charge in [-0.25, -0.2) is 9.59 Å². The van der Waals surface area contributed by atoms with Crippen LogP contribution in [-0.2, 0) is 14.2 Å². The van der Waals surface area contributed by atoms with Crippen molar-refractivity contribution in [1.82, 2.24) is 0 Å². The number of benzene rings is 2. The van der Waals surface area contributed by atoms with E-state index < -0.39 is 23.8 Å². The molecule has 28 heavy (non-hydrogen) atoms. The van der Waals surface area contributed by atoms with E-state index in [-0.39, 0.29) is 12.0 Å². The molecule has 2 aromatic rings. The van der Waals surface area contributed by atoms with E-state index >= 15 is 0 Å². The molecule has 144 valence electrons. The minimum absolute atomic E-state index is 0.312. The maximum atomic E-state index is 12.7. The van der Waals surface area contributed by atoms with Gasteiger partial charge in [0.25, 0.3) is 6.29 Å². The lowest BCUT2D eigenvalue weighted by atomic mass is 9.86. The van der Waals surface area contributed by atoms with Crippen LogP contribution in [0.15, 0.2) is 60.7 Å². The number of terminal acetylenes is 1. The monoisotopic (exact) mass is 378 g/mol. The maximum absolute atomic E-state index is 12.7. The second-order valence-electron chi connectivity index (χ2n) is 6.67. The van der Waals surface area contributed by atoms with Crippen LogP contribution in [-0.4, -0.2) is 29.9 Å². The summed E-state index contributed by atoms with van der Waals surface area (Å²) >= 11 is 0. The summed E-state index contributed by atoms with van der Waals surface area (Å²) in [6, 6.07) is 17.0. The SMILES string of the molecule is C#C[C@]1(OC(=O)c2ccccc2)[C@@H](OC(=O)c2ccccc2)O[C@H](CC)[C@H]1C. The van der Waals surface area contributed by atoms with E-state index in [0.717, 1.165) is 0 Å². The molecule has 0 amide bonds. The first-order chi connectivity index (χ1) is 13.5. The summed E-state index contributed by atoms with van der Waals surface area (Å²) in [6.07, 6.45) is 4.93. The van der Waals surface area contributed by atoms with Crippen molar-refractivity contribution < 1.29 is 23.8 Å². The molecule has 1 heterocycles. The molecule has 0 saturated carbocycles. The molecule has 1 aliphatic rings. The summed E-state index contributed by atoms with van der Waals surface area (Å²) in [6.45, 7) is 3.77. The molecule has 0 spiro atoms. The zero-order valence-electron chi connectivity index (χ0n) is 15.8. The molecule has 5 nitrogen and oxygen atoms in total. The van der Waals surface area contributed by atoms with Gasteiger partial charge in [0.05, 0.1) is 17.2 Å². The van der Waals surface area contributed by atoms with Gasteiger partial charge < -0.3 is 14.2 Å². The van der Waals surface area contributed by atoms with Crippen LogP contribution < -0.4 is 0 Å². The summed E-state index contributed by atoms with van der Waals surface area (Å²) in [5, 5.41) is 0. The number of ether oxygens (including phenoxy) is 3. The molecule has 4 atom stereocenters. The van der Waals surface area contributed by atoms with E-state index in [1.165, 1.54) is 0 Å². The Balaban J connectivity index is 1.89. The fraction of sp³-hybridized carbons (Fsp3) is 0.304. The van der Waals surface area contributed by atoms with Crippen molar-refractivity contribution >= 4 is 11.9 Å². The van der Waals surface area contributed by atoms with Gasteiger partial charge in [-0.3, -0.25) is 0 Å². The van der Waals surface area contributed by atoms with Crippen LogP contribution >= 0.6 is 0 Å². The molecule has 5 heteroatoms. The number of hydrogen-bond acceptors (Lipinski definition) is 5. The zero-order chi connectivity index (χ0) is 20.1. The van der Waals surface area contributed by atoms with E-state index in [2.05, 4.69) is 5.92 Å². The third-order valence-corrected chi connectivity index (χ3v) is 5.01. The highest BCUT2D eigenvalue weighted by Gasteiger charge is 2.58. The van der Waals surface area contributed by atoms with Gasteiger partial charge in [-0.1, -0.05) is 56.2 Å². The van der Waals surface area contributed by atoms with Crippen molar-refractivity contribution in [1.29, 1.82) is 0 Å². The Morgan fingerprint density at radius 1 is 1.04 bits per heavy atom. The van der Waals surface area contributed by atoms with Gasteiger partial charge >= 0.3 is 11.9 Å². The van der Waals surface area contributed by atoms with Crippen LogP contribution in [0.1, 0.15) is 41.0 Å². The quantitative estimate of drug-likeness (QED) is 0.584. The maximum Gasteiger partial charge on any atom is 0.340 e. The molecule has 0 aliphatic carbocycles. The Morgan fingerprint density at radius 2 is 1.57 bits per heavy atom. The fourth-order valence-electron chi connectivity index (χ4n) is 3.33. The zero-order valence-corrected chi connectivity index (χ0v) is 15.8. The van der Waals surface area contributed by atoms with E-state index in [9.17, 15) is 9.59 Å². The molecular weight excluding hydrogens is 356 g/mol. The predicted octanol–water partition coefficient (Wildman–Crippen LogP) is 3.84. The average Bonchev–Trinajstić information content (AvgIpc) is 3.00. The first-order valence-corrected chi connectivity index (χ1v) is 9.19. The Morgan fingerprint density at radius 3 is 2.07 bits per heavy atom. The summed E-state index contributed by atoms with van der Waals surface area (Å²) in [4.78, 5) is 25.2. The number of esters is 2. The number of rotatable bonds is 5. The van der Waals surface area contributed by atoms with Gasteiger partial charge in [-0.15, -0.1) is 6.42 Å². The molecule has 0 bridgehead atoms. The predicted molar refractivity (Wildman–Crippen MR) is 103 cm³/mol. The van der Waals surface area contributed by atoms with Crippen LogP contribution in [0.25, 0.3) is 0 Å². The number of carbonyl (C=O) groups is 2. The second-order valence-corrected chi connectivity index (χ2v) is 6.67. The van der Waals surface area contributed by atoms with Crippen molar-refractivity contribution in [2.75, 3.05) is 0 Å². The lowest BCUT2D eigenvalue weighted by molar-refractivity contribution is -0.156. The van der Waals surface area contributed by atoms with Crippen molar-refractivity contribution in [2.24, 2.45) is 5.92 Å². The summed E-state index contributed by atoms with van der Waals surface area (Å²) in [7, 11) is 0. The summed E-state index contributed by atoms with van der Waals surface area (Å²) in [5.41, 5.74) is -0.797. The van der Waals surface area contributed by atoms with Gasteiger partial charge in [-0.05, 0) is 30.7 Å². The first-order valence-electron chi connectivity index (χ1n) is 9.19. The summed E-state index contributed by atoms with van der Waals surface area (Å²) in [5.74, 6) is 1.01. The molecule has 0 N–H and O–H groups in total. The van der Waals surface area contributed by atoms with E-state index in [1.54, 1.807) is 60.7 Å². The third kappa shape index (κ3) is 3.64. The van der Waals surface area contributed by atoms with Crippen molar-refractivity contribution in [3.8, 4) is 12.3 Å². The van der Waals surface area contributed by atoms with Crippen molar-refractivity contribution in [3.05, 3.63) is 71.8 Å². The molecule has 1 aliphatic heterocycles. The van der Waals surface area contributed by atoms with Crippen LogP contribution in [0.2, 0.25) is 0 Å². The molecule has 1 fully saturated rings. The number of carbonyl (C=O) groups excluding carboxylic acids is 2. The highest BCUT2D eigenvalue weighted by atomic mass is 16.7. The van der Waals surface area contributed by atoms with Gasteiger partial charge in [0.2, 0.25) is 5.60 Å². The Labute approximate surface area is 164 Å². The fourth-order valence-corrected chi connectivity index (χ4v) is 3.33. The number of hydrogen-bond donors (Lipinski definition) is 0. The lowest BCUT2D eigenvalue weighted by Gasteiger charge is -2.31. The molecule has 1 saturated heterocycles. The molecule has 2 aromatic carbocycles. The normalized spacial score (nSPS) is 26.2. The Hall–Kier alpha value is -3.10. The standard InChI is InChI=1S/C23H22O5/c1-4-19-16(3)23(5-2,28-21(25)18-14-10-7-11-15-18)22(26-19)27-20(24)17-12-8-6-9-13-17/h2,6-16,19,22H,4H2,1,3H3/t16-,19-,22-,23-/m1/s1. The van der Waals surface area contributed by atoms with Crippen LogP contribution in [0.3, 0.4) is 0 Å². The minimum atomic E-state index is -1.52. The molecular formula is C23H22O5.